The third-order valence-electron chi connectivity index (χ3n) is 4.90. The predicted octanol–water partition coefficient (Wildman–Crippen LogP) is 6.92. The van der Waals surface area contributed by atoms with Crippen molar-refractivity contribution in [3.8, 4) is 22.3 Å². The molecule has 2 N–H and O–H groups in total. The molecule has 0 spiro atoms. The van der Waals surface area contributed by atoms with Crippen LogP contribution in [-0.4, -0.2) is 15.4 Å². The monoisotopic (exact) mass is 459 g/mol. The third kappa shape index (κ3) is 4.92. The number of amides is 1. The van der Waals surface area contributed by atoms with Crippen molar-refractivity contribution in [3.63, 3.8) is 0 Å². The molecule has 0 saturated carbocycles. The number of carbonyl (C=O) groups is 1. The zero-order valence-electron chi connectivity index (χ0n) is 17.0. The highest BCUT2D eigenvalue weighted by molar-refractivity contribution is 7.94. The Morgan fingerprint density at radius 3 is 2.28 bits per heavy atom. The van der Waals surface area contributed by atoms with Gasteiger partial charge in [0.2, 0.25) is 11.2 Å². The number of anilines is 1. The van der Waals surface area contributed by atoms with Crippen LogP contribution in [0.5, 0.6) is 0 Å². The van der Waals surface area contributed by atoms with Gasteiger partial charge in [-0.25, -0.2) is 4.98 Å². The largest absolute Gasteiger partial charge is 0.321 e. The summed E-state index contributed by atoms with van der Waals surface area (Å²) in [5, 5.41) is 5.30. The van der Waals surface area contributed by atoms with Crippen molar-refractivity contribution in [1.29, 1.82) is 0 Å². The first-order valence-electron chi connectivity index (χ1n) is 9.83. The van der Waals surface area contributed by atoms with E-state index in [-0.39, 0.29) is 5.91 Å². The molecule has 1 amide bonds. The van der Waals surface area contributed by atoms with Crippen LogP contribution in [0, 0.1) is 0 Å². The molecule has 6 heteroatoms. The Morgan fingerprint density at radius 1 is 0.938 bits per heavy atom. The average molecular weight is 460 g/mol. The highest BCUT2D eigenvalue weighted by Crippen LogP contribution is 2.31. The Balaban J connectivity index is 1.54. The fourth-order valence-electron chi connectivity index (χ4n) is 3.23. The van der Waals surface area contributed by atoms with Crippen molar-refractivity contribution in [2.75, 3.05) is 5.32 Å². The van der Waals surface area contributed by atoms with Gasteiger partial charge in [-0.15, -0.1) is 0 Å². The van der Waals surface area contributed by atoms with Crippen LogP contribution in [0.3, 0.4) is 0 Å². The summed E-state index contributed by atoms with van der Waals surface area (Å²) in [4.78, 5) is 16.9. The number of hydrogen-bond acceptors (Lipinski definition) is 3. The van der Waals surface area contributed by atoms with Crippen molar-refractivity contribution >= 4 is 34.4 Å². The Bertz CT molecular complexity index is 1240. The van der Waals surface area contributed by atoms with Crippen LogP contribution < -0.4 is 5.32 Å². The van der Waals surface area contributed by atoms with Crippen LogP contribution in [-0.2, 0) is 11.2 Å². The van der Waals surface area contributed by atoms with Crippen LogP contribution in [0.4, 0.5) is 5.69 Å². The van der Waals surface area contributed by atoms with E-state index < -0.39 is 11.2 Å². The van der Waals surface area contributed by atoms with E-state index in [1.54, 1.807) is 30.3 Å². The summed E-state index contributed by atoms with van der Waals surface area (Å²) in [6.45, 7) is 3.55. The predicted molar refractivity (Wildman–Crippen MR) is 133 cm³/mol. The average Bonchev–Trinajstić information content (AvgIpc) is 2.85. The van der Waals surface area contributed by atoms with E-state index in [0.717, 1.165) is 22.3 Å². The molecule has 4 nitrogen and oxygen atoms in total. The second-order valence-corrected chi connectivity index (χ2v) is 8.75. The lowest BCUT2D eigenvalue weighted by atomic mass is 9.99. The molecule has 0 bridgehead atoms. The van der Waals surface area contributed by atoms with Crippen molar-refractivity contribution in [2.45, 2.75) is 5.03 Å². The van der Waals surface area contributed by atoms with Gasteiger partial charge in [-0.3, -0.25) is 4.79 Å². The third-order valence-corrected chi connectivity index (χ3v) is 6.21. The smallest absolute Gasteiger partial charge is 0.287 e. The number of benzene rings is 3. The minimum Gasteiger partial charge on any atom is -0.321 e. The van der Waals surface area contributed by atoms with E-state index in [9.17, 15) is 9.35 Å². The summed E-state index contributed by atoms with van der Waals surface area (Å²) >= 11 is 5.33. The molecule has 0 aliphatic carbocycles. The molecule has 4 rings (SSSR count). The zero-order valence-corrected chi connectivity index (χ0v) is 18.6. The molecule has 0 saturated heterocycles. The van der Waals surface area contributed by atoms with Crippen molar-refractivity contribution in [1.82, 2.24) is 4.98 Å². The van der Waals surface area contributed by atoms with Crippen molar-refractivity contribution in [3.05, 3.63) is 114 Å². The maximum absolute atomic E-state index is 12.8. The summed E-state index contributed by atoms with van der Waals surface area (Å²) < 4.78 is 9.77. The molecule has 3 aromatic carbocycles. The Hall–Kier alpha value is -3.38. The maximum Gasteiger partial charge on any atom is 0.287 e. The second-order valence-electron chi connectivity index (χ2n) is 6.96. The van der Waals surface area contributed by atoms with E-state index in [1.165, 1.54) is 11.6 Å². The SMILES string of the molecule is C=C[S+](O)c1ccc(NC(=O)c2ccc(Cl)c(-c3ccc(-c4ccccc4)cc3)c2)cn1. The van der Waals surface area contributed by atoms with Gasteiger partial charge in [0, 0.05) is 22.2 Å². The number of rotatable bonds is 6. The number of nitrogens with zero attached hydrogens (tertiary/aromatic N) is 1. The fourth-order valence-corrected chi connectivity index (χ4v) is 3.99. The number of carbonyl (C=O) groups excluding carboxylic acids is 1. The van der Waals surface area contributed by atoms with Gasteiger partial charge < -0.3 is 5.32 Å². The molecule has 0 aliphatic heterocycles. The number of pyridine rings is 1. The van der Waals surface area contributed by atoms with Crippen molar-refractivity contribution < 1.29 is 9.35 Å². The standard InChI is InChI=1S/C26H19ClN2O2S/c1-2-32(31)25-15-13-22(17-28-25)29-26(30)21-12-14-24(27)23(16-21)20-10-8-19(9-11-20)18-6-4-3-5-7-18/h2-17,31H,1H2/p+1. The first-order chi connectivity index (χ1) is 15.5. The number of hydrogen-bond donors (Lipinski definition) is 2. The van der Waals surface area contributed by atoms with Gasteiger partial charge in [-0.1, -0.05) is 66.2 Å². The molecule has 0 radical (unpaired) electrons. The zero-order chi connectivity index (χ0) is 22.5. The van der Waals surface area contributed by atoms with Crippen LogP contribution in [0.25, 0.3) is 22.3 Å². The molecule has 4 aromatic rings. The van der Waals surface area contributed by atoms with E-state index in [4.69, 9.17) is 11.6 Å². The Morgan fingerprint density at radius 2 is 1.62 bits per heavy atom. The minimum absolute atomic E-state index is 0.273. The van der Waals surface area contributed by atoms with E-state index in [1.807, 2.05) is 42.5 Å². The van der Waals surface area contributed by atoms with Gasteiger partial charge in [0.25, 0.3) is 10.9 Å². The lowest BCUT2D eigenvalue weighted by Gasteiger charge is -2.10. The normalized spacial score (nSPS) is 11.6. The number of nitrogens with one attached hydrogen (secondary N) is 1. The summed E-state index contributed by atoms with van der Waals surface area (Å²) in [5.74, 6) is -0.273. The molecule has 1 atom stereocenters. The number of aromatic nitrogens is 1. The molecule has 1 aromatic heterocycles. The van der Waals surface area contributed by atoms with E-state index in [2.05, 4.69) is 29.0 Å². The summed E-state index contributed by atoms with van der Waals surface area (Å²) in [6.07, 6.45) is 1.51. The van der Waals surface area contributed by atoms with Gasteiger partial charge >= 0.3 is 0 Å². The quantitative estimate of drug-likeness (QED) is 0.308. The van der Waals surface area contributed by atoms with Gasteiger partial charge in [-0.05, 0) is 47.5 Å². The number of halogens is 1. The lowest BCUT2D eigenvalue weighted by Crippen LogP contribution is -2.12. The molecule has 1 heterocycles. The summed E-state index contributed by atoms with van der Waals surface area (Å²) in [6, 6.07) is 26.7. The molecule has 0 aliphatic rings. The van der Waals surface area contributed by atoms with E-state index in [0.29, 0.717) is 21.3 Å². The highest BCUT2D eigenvalue weighted by Gasteiger charge is 2.17. The summed E-state index contributed by atoms with van der Waals surface area (Å²) in [7, 11) is 0. The van der Waals surface area contributed by atoms with Gasteiger partial charge in [0.05, 0.1) is 11.9 Å². The van der Waals surface area contributed by atoms with Crippen LogP contribution in [0.2, 0.25) is 5.02 Å². The Labute approximate surface area is 194 Å². The topological polar surface area (TPSA) is 62.2 Å². The minimum atomic E-state index is -1.11. The van der Waals surface area contributed by atoms with Crippen LogP contribution >= 0.6 is 11.6 Å². The fraction of sp³-hybridized carbons (Fsp3) is 0. The maximum atomic E-state index is 12.8. The van der Waals surface area contributed by atoms with Gasteiger partial charge in [0.15, 0.2) is 5.41 Å². The molecule has 1 unspecified atom stereocenters. The second kappa shape index (κ2) is 9.83. The van der Waals surface area contributed by atoms with Crippen LogP contribution in [0.1, 0.15) is 10.4 Å². The van der Waals surface area contributed by atoms with Crippen molar-refractivity contribution in [2.24, 2.45) is 0 Å². The molecule has 0 fully saturated rings. The molecule has 32 heavy (non-hydrogen) atoms. The summed E-state index contributed by atoms with van der Waals surface area (Å²) in [5.41, 5.74) is 4.96. The van der Waals surface area contributed by atoms with Gasteiger partial charge in [0.1, 0.15) is 0 Å². The molecular formula is C26H20ClN2O2S+. The highest BCUT2D eigenvalue weighted by atomic mass is 35.5. The lowest BCUT2D eigenvalue weighted by molar-refractivity contribution is 0.102. The first kappa shape index (κ1) is 21.8. The van der Waals surface area contributed by atoms with E-state index >= 15 is 0 Å². The Kier molecular flexibility index (Phi) is 6.71. The molecular weight excluding hydrogens is 440 g/mol. The van der Waals surface area contributed by atoms with Gasteiger partial charge in [-0.2, -0.15) is 4.55 Å². The van der Waals surface area contributed by atoms with Crippen LogP contribution in [0.15, 0.2) is 108 Å². The first-order valence-corrected chi connectivity index (χ1v) is 11.4. The molecule has 158 valence electrons.